The summed E-state index contributed by atoms with van der Waals surface area (Å²) in [6.07, 6.45) is 0.744. The molecule has 1 N–H and O–H groups in total. The summed E-state index contributed by atoms with van der Waals surface area (Å²) >= 11 is 1.82. The van der Waals surface area contributed by atoms with Crippen molar-refractivity contribution in [3.63, 3.8) is 0 Å². The highest BCUT2D eigenvalue weighted by Gasteiger charge is 2.11. The molecule has 0 saturated carbocycles. The molecule has 0 aliphatic heterocycles. The van der Waals surface area contributed by atoms with Gasteiger partial charge >= 0.3 is 6.01 Å². The summed E-state index contributed by atoms with van der Waals surface area (Å²) < 4.78 is 11.0. The molecule has 0 fully saturated rings. The van der Waals surface area contributed by atoms with Crippen molar-refractivity contribution < 1.29 is 13.9 Å². The highest BCUT2D eigenvalue weighted by Crippen LogP contribution is 2.23. The van der Waals surface area contributed by atoms with Crippen LogP contribution in [-0.4, -0.2) is 28.0 Å². The standard InChI is InChI=1S/C22H25N3O3S/c1-4-27-18-9-5-16(6-10-18)13-20(26)23-22-25-24-21(28-22)14-17-7-11-19(12-8-17)29-15(2)3/h5-12,15H,4,13-14H2,1-3H3,(H,23,25,26). The van der Waals surface area contributed by atoms with Crippen LogP contribution in [0, 0.1) is 0 Å². The molecule has 0 saturated heterocycles. The highest BCUT2D eigenvalue weighted by atomic mass is 32.2. The van der Waals surface area contributed by atoms with Gasteiger partial charge in [-0.1, -0.05) is 43.2 Å². The monoisotopic (exact) mass is 411 g/mol. The summed E-state index contributed by atoms with van der Waals surface area (Å²) in [6.45, 7) is 6.88. The third-order valence-electron chi connectivity index (χ3n) is 3.96. The van der Waals surface area contributed by atoms with Gasteiger partial charge in [0.25, 0.3) is 0 Å². The Labute approximate surface area is 175 Å². The second kappa shape index (κ2) is 10.1. The highest BCUT2D eigenvalue weighted by molar-refractivity contribution is 7.99. The third-order valence-corrected chi connectivity index (χ3v) is 4.98. The van der Waals surface area contributed by atoms with Crippen molar-refractivity contribution in [2.45, 2.75) is 43.8 Å². The number of carbonyl (C=O) groups excluding carboxylic acids is 1. The summed E-state index contributed by atoms with van der Waals surface area (Å²) in [4.78, 5) is 13.4. The van der Waals surface area contributed by atoms with Gasteiger partial charge in [-0.15, -0.1) is 16.9 Å². The zero-order chi connectivity index (χ0) is 20.6. The minimum atomic E-state index is -0.209. The second-order valence-corrected chi connectivity index (χ2v) is 8.44. The molecule has 0 atom stereocenters. The van der Waals surface area contributed by atoms with Crippen LogP contribution in [0.5, 0.6) is 5.75 Å². The van der Waals surface area contributed by atoms with Gasteiger partial charge in [0.15, 0.2) is 0 Å². The van der Waals surface area contributed by atoms with Crippen LogP contribution in [0.4, 0.5) is 6.01 Å². The van der Waals surface area contributed by atoms with E-state index in [1.54, 1.807) is 0 Å². The van der Waals surface area contributed by atoms with E-state index in [2.05, 4.69) is 53.6 Å². The number of carbonyl (C=O) groups is 1. The fraction of sp³-hybridized carbons (Fsp3) is 0.318. The molecular weight excluding hydrogens is 386 g/mol. The first-order valence-electron chi connectivity index (χ1n) is 9.61. The quantitative estimate of drug-likeness (QED) is 0.513. The lowest BCUT2D eigenvalue weighted by atomic mass is 10.1. The average Bonchev–Trinajstić information content (AvgIpc) is 3.11. The van der Waals surface area contributed by atoms with Crippen molar-refractivity contribution in [1.29, 1.82) is 0 Å². The van der Waals surface area contributed by atoms with Crippen LogP contribution in [0.3, 0.4) is 0 Å². The minimum absolute atomic E-state index is 0.114. The summed E-state index contributed by atoms with van der Waals surface area (Å²) in [5, 5.41) is 11.1. The third kappa shape index (κ3) is 6.64. The lowest BCUT2D eigenvalue weighted by Gasteiger charge is -2.05. The van der Waals surface area contributed by atoms with E-state index < -0.39 is 0 Å². The summed E-state index contributed by atoms with van der Waals surface area (Å²) in [5.41, 5.74) is 1.96. The predicted molar refractivity (Wildman–Crippen MR) is 114 cm³/mol. The number of thioether (sulfide) groups is 1. The zero-order valence-corrected chi connectivity index (χ0v) is 17.7. The van der Waals surface area contributed by atoms with E-state index in [1.165, 1.54) is 4.90 Å². The van der Waals surface area contributed by atoms with Gasteiger partial charge in [0.05, 0.1) is 19.4 Å². The van der Waals surface area contributed by atoms with E-state index in [1.807, 2.05) is 43.0 Å². The first-order chi connectivity index (χ1) is 14.0. The molecule has 29 heavy (non-hydrogen) atoms. The van der Waals surface area contributed by atoms with Crippen molar-refractivity contribution in [1.82, 2.24) is 10.2 Å². The van der Waals surface area contributed by atoms with E-state index in [-0.39, 0.29) is 18.3 Å². The number of benzene rings is 2. The van der Waals surface area contributed by atoms with Crippen molar-refractivity contribution >= 4 is 23.7 Å². The van der Waals surface area contributed by atoms with Crippen LogP contribution < -0.4 is 10.1 Å². The van der Waals surface area contributed by atoms with Crippen LogP contribution in [0.15, 0.2) is 57.8 Å². The molecule has 1 amide bonds. The SMILES string of the molecule is CCOc1ccc(CC(=O)Nc2nnc(Cc3ccc(SC(C)C)cc3)o2)cc1. The zero-order valence-electron chi connectivity index (χ0n) is 16.8. The Bertz CT molecular complexity index is 921. The fourth-order valence-electron chi connectivity index (χ4n) is 2.73. The minimum Gasteiger partial charge on any atom is -0.494 e. The normalized spacial score (nSPS) is 10.9. The summed E-state index contributed by atoms with van der Waals surface area (Å²) in [5.74, 6) is 1.04. The Morgan fingerprint density at radius 1 is 1.07 bits per heavy atom. The molecule has 6 nitrogen and oxygen atoms in total. The maximum Gasteiger partial charge on any atom is 0.322 e. The van der Waals surface area contributed by atoms with Gasteiger partial charge < -0.3 is 9.15 Å². The lowest BCUT2D eigenvalue weighted by Crippen LogP contribution is -2.14. The number of amides is 1. The largest absolute Gasteiger partial charge is 0.494 e. The summed E-state index contributed by atoms with van der Waals surface area (Å²) in [7, 11) is 0. The van der Waals surface area contributed by atoms with Crippen LogP contribution in [-0.2, 0) is 17.6 Å². The van der Waals surface area contributed by atoms with Crippen molar-refractivity contribution in [2.24, 2.45) is 0 Å². The molecule has 0 aliphatic carbocycles. The van der Waals surface area contributed by atoms with E-state index >= 15 is 0 Å². The molecule has 152 valence electrons. The van der Waals surface area contributed by atoms with Crippen LogP contribution >= 0.6 is 11.8 Å². The molecule has 1 aromatic heterocycles. The lowest BCUT2D eigenvalue weighted by molar-refractivity contribution is -0.115. The molecule has 3 rings (SSSR count). The molecule has 1 heterocycles. The molecule has 0 spiro atoms. The molecule has 0 unspecified atom stereocenters. The number of hydrogen-bond acceptors (Lipinski definition) is 6. The molecule has 7 heteroatoms. The van der Waals surface area contributed by atoms with Crippen LogP contribution in [0.2, 0.25) is 0 Å². The first-order valence-corrected chi connectivity index (χ1v) is 10.5. The topological polar surface area (TPSA) is 77.2 Å². The van der Waals surface area contributed by atoms with Gasteiger partial charge in [-0.05, 0) is 42.3 Å². The van der Waals surface area contributed by atoms with Crippen LogP contribution in [0.25, 0.3) is 0 Å². The number of ether oxygens (including phenoxy) is 1. The molecule has 0 radical (unpaired) electrons. The Kier molecular flexibility index (Phi) is 7.30. The maximum atomic E-state index is 12.2. The van der Waals surface area contributed by atoms with Gasteiger partial charge in [-0.2, -0.15) is 0 Å². The van der Waals surface area contributed by atoms with E-state index in [9.17, 15) is 4.79 Å². The van der Waals surface area contributed by atoms with Gasteiger partial charge in [0.1, 0.15) is 5.75 Å². The maximum absolute atomic E-state index is 12.2. The number of anilines is 1. The van der Waals surface area contributed by atoms with Crippen LogP contribution in [0.1, 0.15) is 37.8 Å². The molecule has 2 aromatic carbocycles. The molecular formula is C22H25N3O3S. The first kappa shape index (κ1) is 20.9. The predicted octanol–water partition coefficient (Wildman–Crippen LogP) is 4.74. The van der Waals surface area contributed by atoms with Crippen molar-refractivity contribution in [2.75, 3.05) is 11.9 Å². The number of hydrogen-bond donors (Lipinski definition) is 1. The Morgan fingerprint density at radius 3 is 2.41 bits per heavy atom. The van der Waals surface area contributed by atoms with Gasteiger partial charge in [-0.25, -0.2) is 0 Å². The Morgan fingerprint density at radius 2 is 1.76 bits per heavy atom. The average molecular weight is 412 g/mol. The van der Waals surface area contributed by atoms with E-state index in [0.717, 1.165) is 16.9 Å². The van der Waals surface area contributed by atoms with Gasteiger partial charge in [-0.3, -0.25) is 10.1 Å². The molecule has 3 aromatic rings. The molecule has 0 bridgehead atoms. The summed E-state index contributed by atoms with van der Waals surface area (Å²) in [6, 6.07) is 15.8. The smallest absolute Gasteiger partial charge is 0.322 e. The van der Waals surface area contributed by atoms with Crippen molar-refractivity contribution in [3.05, 3.63) is 65.5 Å². The Hall–Kier alpha value is -2.80. The van der Waals surface area contributed by atoms with E-state index in [0.29, 0.717) is 24.2 Å². The number of nitrogens with one attached hydrogen (secondary N) is 1. The van der Waals surface area contributed by atoms with Gasteiger partial charge in [0.2, 0.25) is 11.8 Å². The number of aromatic nitrogens is 2. The molecule has 0 aliphatic rings. The number of rotatable bonds is 9. The number of nitrogens with zero attached hydrogens (tertiary/aromatic N) is 2. The van der Waals surface area contributed by atoms with Crippen molar-refractivity contribution in [3.8, 4) is 5.75 Å². The van der Waals surface area contributed by atoms with E-state index in [4.69, 9.17) is 9.15 Å². The van der Waals surface area contributed by atoms with Gasteiger partial charge in [0, 0.05) is 10.1 Å². The second-order valence-electron chi connectivity index (χ2n) is 6.79. The Balaban J connectivity index is 1.52. The fourth-order valence-corrected chi connectivity index (χ4v) is 3.56.